The van der Waals surface area contributed by atoms with E-state index >= 15 is 0 Å². The summed E-state index contributed by atoms with van der Waals surface area (Å²) in [4.78, 5) is 21.7. The molecule has 0 radical (unpaired) electrons. The summed E-state index contributed by atoms with van der Waals surface area (Å²) in [6, 6.07) is -0.394. The number of rotatable bonds is 2. The molecule has 0 saturated carbocycles. The molecule has 0 aromatic rings. The van der Waals surface area contributed by atoms with Gasteiger partial charge in [-0.2, -0.15) is 0 Å². The molecule has 0 atom stereocenters. The fourth-order valence-corrected chi connectivity index (χ4v) is 0.823. The highest BCUT2D eigenvalue weighted by molar-refractivity contribution is 5.92. The zero-order valence-electron chi connectivity index (χ0n) is 7.92. The third kappa shape index (κ3) is 3.34. The monoisotopic (exact) mass is 173 g/mol. The highest BCUT2D eigenvalue weighted by Crippen LogP contribution is 1.90. The molecule has 0 heterocycles. The maximum absolute atomic E-state index is 11.2. The summed E-state index contributed by atoms with van der Waals surface area (Å²) in [5.74, 6) is -0.347. The standard InChI is InChI=1S/C7H15N3O2/c1-5-10(9(3)4)7(12)8-6(2)11/h5H2,1-4H3,(H,8,11,12). The van der Waals surface area contributed by atoms with E-state index in [0.717, 1.165) is 0 Å². The van der Waals surface area contributed by atoms with Gasteiger partial charge in [-0.05, 0) is 6.92 Å². The molecule has 0 aliphatic heterocycles. The Morgan fingerprint density at radius 1 is 1.33 bits per heavy atom. The summed E-state index contributed by atoms with van der Waals surface area (Å²) in [6.45, 7) is 3.67. The van der Waals surface area contributed by atoms with Gasteiger partial charge in [0.15, 0.2) is 0 Å². The van der Waals surface area contributed by atoms with Gasteiger partial charge in [-0.1, -0.05) is 0 Å². The number of urea groups is 1. The van der Waals surface area contributed by atoms with Crippen molar-refractivity contribution in [1.29, 1.82) is 0 Å². The van der Waals surface area contributed by atoms with Crippen LogP contribution in [0.4, 0.5) is 4.79 Å². The van der Waals surface area contributed by atoms with Gasteiger partial charge in [-0.15, -0.1) is 0 Å². The summed E-state index contributed by atoms with van der Waals surface area (Å²) < 4.78 is 0. The number of amides is 3. The van der Waals surface area contributed by atoms with Crippen LogP contribution in [0.5, 0.6) is 0 Å². The molecular weight excluding hydrogens is 158 g/mol. The van der Waals surface area contributed by atoms with E-state index in [1.807, 2.05) is 6.92 Å². The van der Waals surface area contributed by atoms with E-state index in [1.54, 1.807) is 19.1 Å². The highest BCUT2D eigenvalue weighted by Gasteiger charge is 2.13. The van der Waals surface area contributed by atoms with Gasteiger partial charge in [0, 0.05) is 27.6 Å². The average Bonchev–Trinajstić information content (AvgIpc) is 1.85. The summed E-state index contributed by atoms with van der Waals surface area (Å²) in [6.07, 6.45) is 0. The molecular formula is C7H15N3O2. The number of nitrogens with zero attached hydrogens (tertiary/aromatic N) is 2. The van der Waals surface area contributed by atoms with Gasteiger partial charge >= 0.3 is 6.03 Å². The second-order valence-corrected chi connectivity index (χ2v) is 2.55. The fourth-order valence-electron chi connectivity index (χ4n) is 0.823. The Kier molecular flexibility index (Phi) is 4.28. The Balaban J connectivity index is 4.12. The molecule has 0 unspecified atom stereocenters. The Labute approximate surface area is 72.3 Å². The van der Waals surface area contributed by atoms with Gasteiger partial charge < -0.3 is 0 Å². The van der Waals surface area contributed by atoms with Crippen molar-refractivity contribution in [3.05, 3.63) is 0 Å². The van der Waals surface area contributed by atoms with Gasteiger partial charge in [0.1, 0.15) is 0 Å². The number of carbonyl (C=O) groups is 2. The van der Waals surface area contributed by atoms with E-state index in [2.05, 4.69) is 5.32 Å². The van der Waals surface area contributed by atoms with Crippen LogP contribution in [0.1, 0.15) is 13.8 Å². The number of hydrogen-bond donors (Lipinski definition) is 1. The third-order valence-corrected chi connectivity index (χ3v) is 1.30. The predicted molar refractivity (Wildman–Crippen MR) is 45.3 cm³/mol. The molecule has 0 fully saturated rings. The zero-order valence-corrected chi connectivity index (χ0v) is 7.92. The van der Waals surface area contributed by atoms with Crippen molar-refractivity contribution < 1.29 is 9.59 Å². The van der Waals surface area contributed by atoms with E-state index in [4.69, 9.17) is 0 Å². The van der Waals surface area contributed by atoms with Gasteiger partial charge in [-0.3, -0.25) is 15.1 Å². The number of imide groups is 1. The van der Waals surface area contributed by atoms with E-state index in [-0.39, 0.29) is 5.91 Å². The Hall–Kier alpha value is -1.10. The van der Waals surface area contributed by atoms with Gasteiger partial charge in [-0.25, -0.2) is 9.80 Å². The molecule has 0 aromatic heterocycles. The molecule has 0 rings (SSSR count). The minimum absolute atomic E-state index is 0.347. The van der Waals surface area contributed by atoms with Gasteiger partial charge in [0.25, 0.3) is 0 Å². The fraction of sp³-hybridized carbons (Fsp3) is 0.714. The van der Waals surface area contributed by atoms with Crippen LogP contribution >= 0.6 is 0 Å². The molecule has 5 heteroatoms. The molecule has 70 valence electrons. The van der Waals surface area contributed by atoms with Crippen molar-refractivity contribution in [2.75, 3.05) is 20.6 Å². The minimum Gasteiger partial charge on any atom is -0.277 e. The van der Waals surface area contributed by atoms with Crippen LogP contribution in [-0.2, 0) is 4.79 Å². The van der Waals surface area contributed by atoms with Gasteiger partial charge in [0.2, 0.25) is 5.91 Å². The number of hydrazine groups is 1. The first kappa shape index (κ1) is 10.9. The van der Waals surface area contributed by atoms with E-state index in [9.17, 15) is 9.59 Å². The first-order chi connectivity index (χ1) is 5.49. The maximum atomic E-state index is 11.2. The third-order valence-electron chi connectivity index (χ3n) is 1.30. The van der Waals surface area contributed by atoms with Crippen LogP contribution in [-0.4, -0.2) is 42.6 Å². The van der Waals surface area contributed by atoms with Crippen LogP contribution in [0.2, 0.25) is 0 Å². The minimum atomic E-state index is -0.394. The lowest BCUT2D eigenvalue weighted by molar-refractivity contribution is -0.118. The van der Waals surface area contributed by atoms with Crippen LogP contribution < -0.4 is 5.32 Å². The smallest absolute Gasteiger partial charge is 0.277 e. The predicted octanol–water partition coefficient (Wildman–Crippen LogP) is 0.0410. The summed E-state index contributed by atoms with van der Waals surface area (Å²) in [5, 5.41) is 5.22. The maximum Gasteiger partial charge on any atom is 0.338 e. The quantitative estimate of drug-likeness (QED) is 0.600. The molecule has 12 heavy (non-hydrogen) atoms. The lowest BCUT2D eigenvalue weighted by Gasteiger charge is -2.26. The molecule has 5 nitrogen and oxygen atoms in total. The van der Waals surface area contributed by atoms with E-state index in [1.165, 1.54) is 11.9 Å². The van der Waals surface area contributed by atoms with Crippen LogP contribution in [0.25, 0.3) is 0 Å². The summed E-state index contributed by atoms with van der Waals surface area (Å²) >= 11 is 0. The number of nitrogens with one attached hydrogen (secondary N) is 1. The lowest BCUT2D eigenvalue weighted by Crippen LogP contribution is -2.48. The first-order valence-electron chi connectivity index (χ1n) is 3.75. The van der Waals surface area contributed by atoms with Crippen LogP contribution in [0.15, 0.2) is 0 Å². The Morgan fingerprint density at radius 2 is 1.83 bits per heavy atom. The van der Waals surface area contributed by atoms with E-state index in [0.29, 0.717) is 6.54 Å². The molecule has 0 aliphatic carbocycles. The Morgan fingerprint density at radius 3 is 2.08 bits per heavy atom. The second kappa shape index (κ2) is 4.71. The van der Waals surface area contributed by atoms with Crippen molar-refractivity contribution in [2.24, 2.45) is 0 Å². The largest absolute Gasteiger partial charge is 0.338 e. The molecule has 0 aromatic carbocycles. The van der Waals surface area contributed by atoms with Gasteiger partial charge in [0.05, 0.1) is 0 Å². The lowest BCUT2D eigenvalue weighted by atomic mass is 10.6. The van der Waals surface area contributed by atoms with Crippen molar-refractivity contribution in [2.45, 2.75) is 13.8 Å². The molecule has 0 bridgehead atoms. The molecule has 0 saturated heterocycles. The topological polar surface area (TPSA) is 52.7 Å². The van der Waals surface area contributed by atoms with Crippen LogP contribution in [0.3, 0.4) is 0 Å². The normalized spacial score (nSPS) is 9.75. The highest BCUT2D eigenvalue weighted by atomic mass is 16.2. The van der Waals surface area contributed by atoms with Crippen molar-refractivity contribution >= 4 is 11.9 Å². The second-order valence-electron chi connectivity index (χ2n) is 2.55. The number of hydrogen-bond acceptors (Lipinski definition) is 3. The summed E-state index contributed by atoms with van der Waals surface area (Å²) in [7, 11) is 3.48. The SMILES string of the molecule is CCN(C(=O)NC(C)=O)N(C)C. The van der Waals surface area contributed by atoms with Crippen molar-refractivity contribution in [3.63, 3.8) is 0 Å². The average molecular weight is 173 g/mol. The Bertz CT molecular complexity index is 179. The number of carbonyl (C=O) groups excluding carboxylic acids is 2. The zero-order chi connectivity index (χ0) is 9.72. The molecule has 1 N–H and O–H groups in total. The molecule has 0 spiro atoms. The van der Waals surface area contributed by atoms with Crippen molar-refractivity contribution in [1.82, 2.24) is 15.3 Å². The van der Waals surface area contributed by atoms with E-state index < -0.39 is 6.03 Å². The first-order valence-corrected chi connectivity index (χ1v) is 3.75. The van der Waals surface area contributed by atoms with Crippen LogP contribution in [0, 0.1) is 0 Å². The molecule has 3 amide bonds. The molecule has 0 aliphatic rings. The van der Waals surface area contributed by atoms with Crippen molar-refractivity contribution in [3.8, 4) is 0 Å². The summed E-state index contributed by atoms with van der Waals surface area (Å²) in [5.41, 5.74) is 0.